The molecule has 0 spiro atoms. The largest absolute Gasteiger partial charge is 0.393 e. The van der Waals surface area contributed by atoms with Crippen LogP contribution in [0, 0.1) is 23.2 Å². The summed E-state index contributed by atoms with van der Waals surface area (Å²) in [5, 5.41) is 8.52. The first kappa shape index (κ1) is 18.2. The van der Waals surface area contributed by atoms with E-state index in [1.807, 2.05) is 6.07 Å². The van der Waals surface area contributed by atoms with E-state index in [1.54, 1.807) is 6.92 Å². The number of likely N-dealkylation sites (tertiary alicyclic amines) is 1. The third kappa shape index (κ3) is 4.59. The minimum atomic E-state index is -4.53. The van der Waals surface area contributed by atoms with Crippen LogP contribution >= 0.6 is 0 Å². The number of carbonyl (C=O) groups is 2. The molecule has 1 heterocycles. The molecule has 0 aromatic rings. The third-order valence-electron chi connectivity index (χ3n) is 3.77. The Balaban J connectivity index is 2.69. The van der Waals surface area contributed by atoms with Crippen molar-refractivity contribution in [3.05, 3.63) is 0 Å². The van der Waals surface area contributed by atoms with Gasteiger partial charge in [-0.2, -0.15) is 18.4 Å². The Kier molecular flexibility index (Phi) is 6.17. The van der Waals surface area contributed by atoms with Gasteiger partial charge in [-0.1, -0.05) is 0 Å². The van der Waals surface area contributed by atoms with Crippen molar-refractivity contribution in [1.29, 1.82) is 5.26 Å². The summed E-state index contributed by atoms with van der Waals surface area (Å²) in [6, 6.07) is 1.91. The van der Waals surface area contributed by atoms with Gasteiger partial charge in [0.1, 0.15) is 0 Å². The summed E-state index contributed by atoms with van der Waals surface area (Å²) in [5.74, 6) is -4.54. The van der Waals surface area contributed by atoms with E-state index >= 15 is 0 Å². The molecule has 2 atom stereocenters. The van der Waals surface area contributed by atoms with E-state index < -0.39 is 30.5 Å². The van der Waals surface area contributed by atoms with Crippen LogP contribution in [0.25, 0.3) is 0 Å². The number of hydrogen-bond donors (Lipinski definition) is 1. The van der Waals surface area contributed by atoms with E-state index in [9.17, 15) is 22.8 Å². The second-order valence-electron chi connectivity index (χ2n) is 5.23. The molecule has 0 aromatic carbocycles. The number of nitrogens with two attached hydrogens (primary N) is 1. The van der Waals surface area contributed by atoms with Crippen molar-refractivity contribution in [2.24, 2.45) is 17.6 Å². The van der Waals surface area contributed by atoms with E-state index in [0.29, 0.717) is 6.54 Å². The Bertz CT molecular complexity index is 461. The minimum absolute atomic E-state index is 0.161. The Morgan fingerprint density at radius 1 is 1.41 bits per heavy atom. The lowest BCUT2D eigenvalue weighted by molar-refractivity contribution is -0.182. The molecule has 0 radical (unpaired) electrons. The van der Waals surface area contributed by atoms with Crippen molar-refractivity contribution in [2.45, 2.75) is 19.5 Å². The standard InChI is InChI=1S/C13H19F3N4O2/c1-2-20(5-3-4-17)11(21)8-19-6-9(12(18)22)10(7-19)13(14,15)16/h9-10H,2-3,5-8H2,1H3,(H2,18,22)/t9-,10-/m1/s1. The Morgan fingerprint density at radius 2 is 2.05 bits per heavy atom. The molecule has 9 heteroatoms. The lowest BCUT2D eigenvalue weighted by atomic mass is 9.95. The first-order valence-corrected chi connectivity index (χ1v) is 6.93. The molecule has 2 N–H and O–H groups in total. The number of halogens is 3. The van der Waals surface area contributed by atoms with Crippen LogP contribution in [-0.4, -0.2) is 60.5 Å². The smallest absolute Gasteiger partial charge is 0.369 e. The quantitative estimate of drug-likeness (QED) is 0.764. The van der Waals surface area contributed by atoms with Gasteiger partial charge in [0.2, 0.25) is 11.8 Å². The van der Waals surface area contributed by atoms with Crippen LogP contribution in [0.1, 0.15) is 13.3 Å². The predicted molar refractivity (Wildman–Crippen MR) is 71.2 cm³/mol. The molecule has 0 saturated carbocycles. The minimum Gasteiger partial charge on any atom is -0.369 e. The van der Waals surface area contributed by atoms with Gasteiger partial charge in [0.05, 0.1) is 30.9 Å². The van der Waals surface area contributed by atoms with Crippen molar-refractivity contribution in [1.82, 2.24) is 9.80 Å². The second-order valence-corrected chi connectivity index (χ2v) is 5.23. The van der Waals surface area contributed by atoms with Gasteiger partial charge in [-0.05, 0) is 6.92 Å². The normalized spacial score (nSPS) is 22.3. The molecule has 1 saturated heterocycles. The number of carbonyl (C=O) groups excluding carboxylic acids is 2. The molecule has 0 aliphatic carbocycles. The van der Waals surface area contributed by atoms with Crippen LogP contribution in [0.3, 0.4) is 0 Å². The van der Waals surface area contributed by atoms with Crippen LogP contribution in [0.2, 0.25) is 0 Å². The lowest BCUT2D eigenvalue weighted by Gasteiger charge is -2.23. The molecule has 1 aliphatic rings. The monoisotopic (exact) mass is 320 g/mol. The zero-order valence-electron chi connectivity index (χ0n) is 12.3. The van der Waals surface area contributed by atoms with E-state index in [1.165, 1.54) is 9.80 Å². The number of hydrogen-bond acceptors (Lipinski definition) is 4. The number of alkyl halides is 3. The van der Waals surface area contributed by atoms with E-state index in [2.05, 4.69) is 0 Å². The highest BCUT2D eigenvalue weighted by Crippen LogP contribution is 2.37. The fourth-order valence-electron chi connectivity index (χ4n) is 2.57. The predicted octanol–water partition coefficient (Wildman–Crippen LogP) is 0.344. The topological polar surface area (TPSA) is 90.4 Å². The van der Waals surface area contributed by atoms with Gasteiger partial charge >= 0.3 is 6.18 Å². The summed E-state index contributed by atoms with van der Waals surface area (Å²) in [4.78, 5) is 25.9. The molecule has 0 unspecified atom stereocenters. The summed E-state index contributed by atoms with van der Waals surface area (Å²) in [5.41, 5.74) is 5.03. The lowest BCUT2D eigenvalue weighted by Crippen LogP contribution is -2.40. The molecule has 1 rings (SSSR count). The Hall–Kier alpha value is -1.82. The molecular weight excluding hydrogens is 301 g/mol. The maximum Gasteiger partial charge on any atom is 0.393 e. The van der Waals surface area contributed by atoms with Gasteiger partial charge in [0, 0.05) is 26.2 Å². The number of amides is 2. The number of primary amides is 1. The van der Waals surface area contributed by atoms with Gasteiger partial charge in [-0.3, -0.25) is 14.5 Å². The van der Waals surface area contributed by atoms with Crippen LogP contribution in [-0.2, 0) is 9.59 Å². The summed E-state index contributed by atoms with van der Waals surface area (Å²) in [6.07, 6.45) is -4.36. The zero-order chi connectivity index (χ0) is 16.9. The Morgan fingerprint density at radius 3 is 2.45 bits per heavy atom. The van der Waals surface area contributed by atoms with Crippen molar-refractivity contribution in [2.75, 3.05) is 32.7 Å². The van der Waals surface area contributed by atoms with E-state index in [0.717, 1.165) is 0 Å². The maximum absolute atomic E-state index is 12.9. The van der Waals surface area contributed by atoms with Gasteiger partial charge in [-0.25, -0.2) is 0 Å². The Labute approximate surface area is 126 Å². The summed E-state index contributed by atoms with van der Waals surface area (Å²) < 4.78 is 38.7. The van der Waals surface area contributed by atoms with Gasteiger partial charge < -0.3 is 10.6 Å². The van der Waals surface area contributed by atoms with E-state index in [4.69, 9.17) is 11.0 Å². The number of likely N-dealkylation sites (N-methyl/N-ethyl adjacent to an activating group) is 1. The molecule has 1 aliphatic heterocycles. The molecule has 0 aromatic heterocycles. The van der Waals surface area contributed by atoms with Gasteiger partial charge in [0.25, 0.3) is 0 Å². The van der Waals surface area contributed by atoms with Crippen LogP contribution < -0.4 is 5.73 Å². The van der Waals surface area contributed by atoms with Crippen molar-refractivity contribution >= 4 is 11.8 Å². The number of rotatable bonds is 6. The van der Waals surface area contributed by atoms with Crippen molar-refractivity contribution < 1.29 is 22.8 Å². The van der Waals surface area contributed by atoms with Crippen molar-refractivity contribution in [3.63, 3.8) is 0 Å². The highest BCUT2D eigenvalue weighted by atomic mass is 19.4. The highest BCUT2D eigenvalue weighted by Gasteiger charge is 2.51. The van der Waals surface area contributed by atoms with Gasteiger partial charge in [-0.15, -0.1) is 0 Å². The molecule has 1 fully saturated rings. The average molecular weight is 320 g/mol. The summed E-state index contributed by atoms with van der Waals surface area (Å²) in [6.45, 7) is 1.53. The molecular formula is C13H19F3N4O2. The van der Waals surface area contributed by atoms with E-state index in [-0.39, 0.29) is 32.0 Å². The SMILES string of the molecule is CCN(CCC#N)C(=O)CN1C[C@@H](C(F)(F)F)[C@H](C(N)=O)C1. The molecule has 2 amide bonds. The number of nitrogens with zero attached hydrogens (tertiary/aromatic N) is 3. The number of nitriles is 1. The fraction of sp³-hybridized carbons (Fsp3) is 0.769. The molecule has 22 heavy (non-hydrogen) atoms. The average Bonchev–Trinajstić information content (AvgIpc) is 2.83. The first-order valence-electron chi connectivity index (χ1n) is 6.93. The molecule has 0 bridgehead atoms. The zero-order valence-corrected chi connectivity index (χ0v) is 12.3. The summed E-state index contributed by atoms with van der Waals surface area (Å²) >= 11 is 0. The third-order valence-corrected chi connectivity index (χ3v) is 3.77. The van der Waals surface area contributed by atoms with Gasteiger partial charge in [0.15, 0.2) is 0 Å². The van der Waals surface area contributed by atoms with Crippen molar-refractivity contribution in [3.8, 4) is 6.07 Å². The molecule has 6 nitrogen and oxygen atoms in total. The fourth-order valence-corrected chi connectivity index (χ4v) is 2.57. The van der Waals surface area contributed by atoms with Crippen LogP contribution in [0.5, 0.6) is 0 Å². The highest BCUT2D eigenvalue weighted by molar-refractivity contribution is 5.80. The first-order chi connectivity index (χ1) is 10.2. The second kappa shape index (κ2) is 7.45. The maximum atomic E-state index is 12.9. The molecule has 124 valence electrons. The van der Waals surface area contributed by atoms with Crippen LogP contribution in [0.15, 0.2) is 0 Å². The summed E-state index contributed by atoms with van der Waals surface area (Å²) in [7, 11) is 0. The van der Waals surface area contributed by atoms with Crippen LogP contribution in [0.4, 0.5) is 13.2 Å².